The Kier molecular flexibility index (Phi) is 7.87. The Labute approximate surface area is 203 Å². The van der Waals surface area contributed by atoms with Crippen molar-refractivity contribution in [3.63, 3.8) is 0 Å². The molecular formula is C26H31F2N5O2. The molecule has 2 atom stereocenters. The molecule has 9 heteroatoms. The molecule has 186 valence electrons. The fourth-order valence-electron chi connectivity index (χ4n) is 4.98. The fourth-order valence-corrected chi connectivity index (χ4v) is 4.98. The van der Waals surface area contributed by atoms with Crippen LogP contribution in [0.4, 0.5) is 8.78 Å². The zero-order chi connectivity index (χ0) is 24.8. The van der Waals surface area contributed by atoms with Gasteiger partial charge >= 0.3 is 0 Å². The molecular weight excluding hydrogens is 452 g/mol. The number of halogens is 2. The highest BCUT2D eigenvalue weighted by molar-refractivity contribution is 5.73. The van der Waals surface area contributed by atoms with E-state index < -0.39 is 23.8 Å². The minimum absolute atomic E-state index is 0.103. The van der Waals surface area contributed by atoms with Crippen LogP contribution in [0, 0.1) is 11.6 Å². The Morgan fingerprint density at radius 2 is 1.89 bits per heavy atom. The number of carbonyl (C=O) groups is 1. The molecule has 0 bridgehead atoms. The molecule has 1 aliphatic rings. The summed E-state index contributed by atoms with van der Waals surface area (Å²) < 4.78 is 29.1. The summed E-state index contributed by atoms with van der Waals surface area (Å²) in [5.41, 5.74) is 2.02. The Morgan fingerprint density at radius 1 is 1.14 bits per heavy atom. The third kappa shape index (κ3) is 6.29. The zero-order valence-corrected chi connectivity index (χ0v) is 19.8. The van der Waals surface area contributed by atoms with E-state index in [0.29, 0.717) is 5.56 Å². The highest BCUT2D eigenvalue weighted by atomic mass is 19.1. The van der Waals surface area contributed by atoms with E-state index in [2.05, 4.69) is 32.8 Å². The van der Waals surface area contributed by atoms with Gasteiger partial charge in [0.1, 0.15) is 24.3 Å². The first-order valence-electron chi connectivity index (χ1n) is 12.0. The highest BCUT2D eigenvalue weighted by Gasteiger charge is 2.35. The second-order valence-corrected chi connectivity index (χ2v) is 9.27. The van der Waals surface area contributed by atoms with E-state index in [-0.39, 0.29) is 24.4 Å². The standard InChI is InChI=1S/C26H31F2N5O2/c1-18(34)32-24(12-19-10-21(27)14-22(28)11-19)25(35)15-30-26(8-3-2-4-9-26)20-6-5-7-23(13-20)33-17-29-16-31-33/h5-7,10-11,13-14,16-17,24-25,30,35H,2-4,8-9,12,15H2,1H3,(H,32,34). The lowest BCUT2D eigenvalue weighted by Gasteiger charge is -2.40. The minimum Gasteiger partial charge on any atom is -0.390 e. The number of aliphatic hydroxyl groups excluding tert-OH is 1. The monoisotopic (exact) mass is 483 g/mol. The van der Waals surface area contributed by atoms with E-state index in [4.69, 9.17) is 0 Å². The number of carbonyl (C=O) groups excluding carboxylic acids is 1. The average Bonchev–Trinajstić information content (AvgIpc) is 3.37. The first-order chi connectivity index (χ1) is 16.8. The maximum absolute atomic E-state index is 13.7. The van der Waals surface area contributed by atoms with Crippen LogP contribution in [0.1, 0.15) is 50.2 Å². The maximum Gasteiger partial charge on any atom is 0.217 e. The topological polar surface area (TPSA) is 92.1 Å². The van der Waals surface area contributed by atoms with Gasteiger partial charge in [-0.2, -0.15) is 5.10 Å². The van der Waals surface area contributed by atoms with Gasteiger partial charge in [0.2, 0.25) is 5.91 Å². The highest BCUT2D eigenvalue weighted by Crippen LogP contribution is 2.37. The van der Waals surface area contributed by atoms with Gasteiger partial charge in [0.05, 0.1) is 17.8 Å². The third-order valence-electron chi connectivity index (χ3n) is 6.67. The lowest BCUT2D eigenvalue weighted by Crippen LogP contribution is -2.53. The van der Waals surface area contributed by atoms with Crippen LogP contribution in [0.15, 0.2) is 55.1 Å². The van der Waals surface area contributed by atoms with Crippen LogP contribution in [0.3, 0.4) is 0 Å². The number of rotatable bonds is 9. The lowest BCUT2D eigenvalue weighted by molar-refractivity contribution is -0.120. The summed E-state index contributed by atoms with van der Waals surface area (Å²) in [6, 6.07) is 10.6. The maximum atomic E-state index is 13.7. The molecule has 35 heavy (non-hydrogen) atoms. The molecule has 2 unspecified atom stereocenters. The van der Waals surface area contributed by atoms with Gasteiger partial charge in [-0.15, -0.1) is 0 Å². The van der Waals surface area contributed by atoms with Gasteiger partial charge < -0.3 is 15.7 Å². The number of aliphatic hydroxyl groups is 1. The molecule has 0 spiro atoms. The predicted octanol–water partition coefficient (Wildman–Crippen LogP) is 3.40. The predicted molar refractivity (Wildman–Crippen MR) is 128 cm³/mol. The molecule has 1 fully saturated rings. The van der Waals surface area contributed by atoms with Crippen molar-refractivity contribution in [3.8, 4) is 5.69 Å². The summed E-state index contributed by atoms with van der Waals surface area (Å²) in [4.78, 5) is 15.8. The van der Waals surface area contributed by atoms with Gasteiger partial charge in [-0.05, 0) is 54.7 Å². The second-order valence-electron chi connectivity index (χ2n) is 9.27. The molecule has 0 saturated heterocycles. The fraction of sp³-hybridized carbons (Fsp3) is 0.423. The van der Waals surface area contributed by atoms with E-state index in [1.165, 1.54) is 25.4 Å². The number of benzene rings is 2. The molecule has 1 aliphatic carbocycles. The van der Waals surface area contributed by atoms with E-state index in [1.807, 2.05) is 12.1 Å². The largest absolute Gasteiger partial charge is 0.390 e. The van der Waals surface area contributed by atoms with Crippen molar-refractivity contribution in [1.29, 1.82) is 0 Å². The Bertz CT molecular complexity index is 1110. The van der Waals surface area contributed by atoms with Crippen molar-refractivity contribution < 1.29 is 18.7 Å². The summed E-state index contributed by atoms with van der Waals surface area (Å²) in [5, 5.41) is 21.6. The van der Waals surface area contributed by atoms with E-state index in [9.17, 15) is 18.7 Å². The summed E-state index contributed by atoms with van der Waals surface area (Å²) >= 11 is 0. The minimum atomic E-state index is -0.970. The van der Waals surface area contributed by atoms with Crippen LogP contribution in [0.2, 0.25) is 0 Å². The van der Waals surface area contributed by atoms with Crippen LogP contribution >= 0.6 is 0 Å². The first-order valence-corrected chi connectivity index (χ1v) is 12.0. The van der Waals surface area contributed by atoms with E-state index in [1.54, 1.807) is 11.0 Å². The molecule has 1 heterocycles. The summed E-state index contributed by atoms with van der Waals surface area (Å²) in [5.74, 6) is -1.70. The van der Waals surface area contributed by atoms with Gasteiger partial charge in [0, 0.05) is 25.1 Å². The number of nitrogens with zero attached hydrogens (tertiary/aromatic N) is 3. The molecule has 0 radical (unpaired) electrons. The number of aromatic nitrogens is 3. The SMILES string of the molecule is CC(=O)NC(Cc1cc(F)cc(F)c1)C(O)CNC1(c2cccc(-n3cncn3)c2)CCCCC1. The number of nitrogens with one attached hydrogen (secondary N) is 2. The average molecular weight is 484 g/mol. The molecule has 1 saturated carbocycles. The van der Waals surface area contributed by atoms with Crippen LogP contribution < -0.4 is 10.6 Å². The molecule has 1 amide bonds. The molecule has 2 aromatic carbocycles. The molecule has 1 aromatic heterocycles. The molecule has 4 rings (SSSR count). The van der Waals surface area contributed by atoms with Crippen molar-refractivity contribution in [2.75, 3.05) is 6.54 Å². The van der Waals surface area contributed by atoms with Crippen molar-refractivity contribution in [1.82, 2.24) is 25.4 Å². The normalized spacial score (nSPS) is 17.0. The van der Waals surface area contributed by atoms with Gasteiger partial charge in [0.15, 0.2) is 0 Å². The Morgan fingerprint density at radius 3 is 2.54 bits per heavy atom. The number of hydrogen-bond donors (Lipinski definition) is 3. The van der Waals surface area contributed by atoms with E-state index in [0.717, 1.165) is 49.4 Å². The number of amides is 1. The van der Waals surface area contributed by atoms with Crippen LogP contribution in [-0.2, 0) is 16.8 Å². The van der Waals surface area contributed by atoms with Crippen molar-refractivity contribution in [2.45, 2.75) is 63.1 Å². The Balaban J connectivity index is 1.53. The van der Waals surface area contributed by atoms with Crippen LogP contribution in [-0.4, -0.2) is 44.5 Å². The molecule has 3 N–H and O–H groups in total. The number of hydrogen-bond acceptors (Lipinski definition) is 5. The van der Waals surface area contributed by atoms with E-state index >= 15 is 0 Å². The molecule has 7 nitrogen and oxygen atoms in total. The summed E-state index contributed by atoms with van der Waals surface area (Å²) in [7, 11) is 0. The third-order valence-corrected chi connectivity index (χ3v) is 6.67. The smallest absolute Gasteiger partial charge is 0.217 e. The van der Waals surface area contributed by atoms with Crippen molar-refractivity contribution in [2.24, 2.45) is 0 Å². The second kappa shape index (κ2) is 11.0. The van der Waals surface area contributed by atoms with Crippen LogP contribution in [0.25, 0.3) is 5.69 Å². The van der Waals surface area contributed by atoms with Crippen molar-refractivity contribution in [3.05, 3.63) is 77.9 Å². The summed E-state index contributed by atoms with van der Waals surface area (Å²) in [6.07, 6.45) is 7.33. The van der Waals surface area contributed by atoms with Gasteiger partial charge in [-0.25, -0.2) is 18.4 Å². The van der Waals surface area contributed by atoms with Gasteiger partial charge in [-0.3, -0.25) is 4.79 Å². The van der Waals surface area contributed by atoms with Gasteiger partial charge in [-0.1, -0.05) is 31.4 Å². The first kappa shape index (κ1) is 24.9. The Hall–Kier alpha value is -3.17. The van der Waals surface area contributed by atoms with Crippen molar-refractivity contribution >= 4 is 5.91 Å². The van der Waals surface area contributed by atoms with Crippen LogP contribution in [0.5, 0.6) is 0 Å². The summed E-state index contributed by atoms with van der Waals surface area (Å²) in [6.45, 7) is 1.56. The molecule has 3 aromatic rings. The molecule has 0 aliphatic heterocycles. The quantitative estimate of drug-likeness (QED) is 0.434. The lowest BCUT2D eigenvalue weighted by atomic mass is 9.76. The van der Waals surface area contributed by atoms with Gasteiger partial charge in [0.25, 0.3) is 0 Å². The zero-order valence-electron chi connectivity index (χ0n) is 19.8.